The van der Waals surface area contributed by atoms with Gasteiger partial charge in [0, 0.05) is 13.7 Å². The number of allylic oxidation sites excluding steroid dienone is 1. The second-order valence-electron chi connectivity index (χ2n) is 3.85. The van der Waals surface area contributed by atoms with Crippen LogP contribution in [0.15, 0.2) is 30.8 Å². The fourth-order valence-corrected chi connectivity index (χ4v) is 1.37. The monoisotopic (exact) mass is 220 g/mol. The maximum atomic E-state index is 5.60. The highest BCUT2D eigenvalue weighted by molar-refractivity contribution is 5.61. The zero-order valence-electron chi connectivity index (χ0n) is 10.2. The Hall–Kier alpha value is -1.28. The summed E-state index contributed by atoms with van der Waals surface area (Å²) in [4.78, 5) is 0. The maximum absolute atomic E-state index is 5.60. The average molecular weight is 220 g/mol. The van der Waals surface area contributed by atoms with Crippen molar-refractivity contribution in [3.63, 3.8) is 0 Å². The highest BCUT2D eigenvalue weighted by atomic mass is 16.5. The van der Waals surface area contributed by atoms with Crippen LogP contribution in [-0.2, 0) is 4.74 Å². The molecule has 0 spiro atoms. The number of rotatable bonds is 7. The minimum absolute atomic E-state index is 0.746. The van der Waals surface area contributed by atoms with Gasteiger partial charge >= 0.3 is 0 Å². The molecule has 0 aliphatic carbocycles. The molecule has 0 aromatic heterocycles. The van der Waals surface area contributed by atoms with Crippen LogP contribution in [0, 0.1) is 0 Å². The first-order valence-corrected chi connectivity index (χ1v) is 5.61. The molecule has 0 atom stereocenters. The Morgan fingerprint density at radius 1 is 1.12 bits per heavy atom. The molecule has 2 heteroatoms. The lowest BCUT2D eigenvalue weighted by atomic mass is 10.1. The summed E-state index contributed by atoms with van der Waals surface area (Å²) in [5, 5.41) is 0. The second kappa shape index (κ2) is 7.07. The molecule has 0 radical (unpaired) electrons. The van der Waals surface area contributed by atoms with E-state index in [1.165, 1.54) is 0 Å². The molecule has 0 N–H and O–H groups in total. The number of hydrogen-bond donors (Lipinski definition) is 0. The van der Waals surface area contributed by atoms with E-state index >= 15 is 0 Å². The largest absolute Gasteiger partial charge is 0.494 e. The Kier molecular flexibility index (Phi) is 5.65. The molecule has 0 aliphatic heterocycles. The molecular weight excluding hydrogens is 200 g/mol. The number of ether oxygens (including phenoxy) is 2. The smallest absolute Gasteiger partial charge is 0.119 e. The number of hydrogen-bond acceptors (Lipinski definition) is 2. The van der Waals surface area contributed by atoms with E-state index in [-0.39, 0.29) is 0 Å². The fraction of sp³-hybridized carbons (Fsp3) is 0.429. The minimum Gasteiger partial charge on any atom is -0.494 e. The zero-order valence-corrected chi connectivity index (χ0v) is 10.2. The van der Waals surface area contributed by atoms with Crippen molar-refractivity contribution in [3.8, 4) is 5.75 Å². The Morgan fingerprint density at radius 2 is 1.75 bits per heavy atom. The SMILES string of the molecule is C=C(C)c1ccc(OCCCCOC)cc1. The highest BCUT2D eigenvalue weighted by Crippen LogP contribution is 2.17. The molecule has 88 valence electrons. The van der Waals surface area contributed by atoms with Crippen LogP contribution in [0.25, 0.3) is 5.57 Å². The third-order valence-electron chi connectivity index (χ3n) is 2.36. The molecule has 1 aromatic carbocycles. The van der Waals surface area contributed by atoms with E-state index in [2.05, 4.69) is 6.58 Å². The van der Waals surface area contributed by atoms with E-state index in [9.17, 15) is 0 Å². The van der Waals surface area contributed by atoms with Crippen LogP contribution < -0.4 is 4.74 Å². The molecule has 0 aliphatic rings. The van der Waals surface area contributed by atoms with Crippen LogP contribution >= 0.6 is 0 Å². The molecule has 1 aromatic rings. The summed E-state index contributed by atoms with van der Waals surface area (Å²) in [6, 6.07) is 8.04. The number of methoxy groups -OCH3 is 1. The van der Waals surface area contributed by atoms with Crippen molar-refractivity contribution in [1.29, 1.82) is 0 Å². The zero-order chi connectivity index (χ0) is 11.8. The van der Waals surface area contributed by atoms with Gasteiger partial charge in [0.15, 0.2) is 0 Å². The summed E-state index contributed by atoms with van der Waals surface area (Å²) >= 11 is 0. The van der Waals surface area contributed by atoms with E-state index in [0.717, 1.165) is 42.9 Å². The first-order chi connectivity index (χ1) is 7.74. The van der Waals surface area contributed by atoms with Gasteiger partial charge in [-0.2, -0.15) is 0 Å². The van der Waals surface area contributed by atoms with Crippen molar-refractivity contribution in [2.75, 3.05) is 20.3 Å². The predicted octanol–water partition coefficient (Wildman–Crippen LogP) is 3.53. The van der Waals surface area contributed by atoms with Gasteiger partial charge in [0.1, 0.15) is 5.75 Å². The van der Waals surface area contributed by atoms with Gasteiger partial charge in [0.25, 0.3) is 0 Å². The quantitative estimate of drug-likeness (QED) is 0.654. The molecule has 0 fully saturated rings. The Bertz CT molecular complexity index is 314. The summed E-state index contributed by atoms with van der Waals surface area (Å²) in [5.74, 6) is 0.919. The molecule has 16 heavy (non-hydrogen) atoms. The normalized spacial score (nSPS) is 10.1. The van der Waals surface area contributed by atoms with Crippen molar-refractivity contribution < 1.29 is 9.47 Å². The molecule has 0 heterocycles. The van der Waals surface area contributed by atoms with E-state index in [0.29, 0.717) is 0 Å². The van der Waals surface area contributed by atoms with Gasteiger partial charge in [0.05, 0.1) is 6.61 Å². The number of unbranched alkanes of at least 4 members (excludes halogenated alkanes) is 1. The van der Waals surface area contributed by atoms with E-state index in [4.69, 9.17) is 9.47 Å². The van der Waals surface area contributed by atoms with Gasteiger partial charge in [-0.3, -0.25) is 0 Å². The minimum atomic E-state index is 0.746. The van der Waals surface area contributed by atoms with Gasteiger partial charge in [-0.15, -0.1) is 0 Å². The van der Waals surface area contributed by atoms with Gasteiger partial charge in [-0.25, -0.2) is 0 Å². The van der Waals surface area contributed by atoms with Crippen LogP contribution in [0.4, 0.5) is 0 Å². The summed E-state index contributed by atoms with van der Waals surface area (Å²) in [6.45, 7) is 7.45. The van der Waals surface area contributed by atoms with Gasteiger partial charge in [0.2, 0.25) is 0 Å². The Balaban J connectivity index is 2.29. The fourth-order valence-electron chi connectivity index (χ4n) is 1.37. The van der Waals surface area contributed by atoms with Gasteiger partial charge in [-0.05, 0) is 37.5 Å². The highest BCUT2D eigenvalue weighted by Gasteiger charge is 1.96. The second-order valence-corrected chi connectivity index (χ2v) is 3.85. The first-order valence-electron chi connectivity index (χ1n) is 5.61. The van der Waals surface area contributed by atoms with E-state index in [1.807, 2.05) is 31.2 Å². The molecule has 0 saturated carbocycles. The standard InChI is InChI=1S/C14H20O2/c1-12(2)13-6-8-14(9-7-13)16-11-5-4-10-15-3/h6-9H,1,4-5,10-11H2,2-3H3. The van der Waals surface area contributed by atoms with Crippen molar-refractivity contribution in [2.45, 2.75) is 19.8 Å². The lowest BCUT2D eigenvalue weighted by Crippen LogP contribution is -1.99. The van der Waals surface area contributed by atoms with E-state index in [1.54, 1.807) is 7.11 Å². The molecule has 1 rings (SSSR count). The van der Waals surface area contributed by atoms with E-state index < -0.39 is 0 Å². The molecular formula is C14H20O2. The van der Waals surface area contributed by atoms with Crippen molar-refractivity contribution >= 4 is 5.57 Å². The van der Waals surface area contributed by atoms with Gasteiger partial charge in [-0.1, -0.05) is 24.3 Å². The lowest BCUT2D eigenvalue weighted by molar-refractivity contribution is 0.184. The summed E-state index contributed by atoms with van der Waals surface area (Å²) in [7, 11) is 1.72. The molecule has 2 nitrogen and oxygen atoms in total. The lowest BCUT2D eigenvalue weighted by Gasteiger charge is -2.07. The molecule has 0 saturated heterocycles. The van der Waals surface area contributed by atoms with Gasteiger partial charge < -0.3 is 9.47 Å². The Labute approximate surface area is 97.9 Å². The molecule has 0 amide bonds. The number of benzene rings is 1. The van der Waals surface area contributed by atoms with Crippen LogP contribution in [-0.4, -0.2) is 20.3 Å². The van der Waals surface area contributed by atoms with Crippen LogP contribution in [0.2, 0.25) is 0 Å². The third kappa shape index (κ3) is 4.49. The molecule has 0 bridgehead atoms. The topological polar surface area (TPSA) is 18.5 Å². The van der Waals surface area contributed by atoms with Crippen LogP contribution in [0.5, 0.6) is 5.75 Å². The van der Waals surface area contributed by atoms with Crippen molar-refractivity contribution in [3.05, 3.63) is 36.4 Å². The van der Waals surface area contributed by atoms with Crippen LogP contribution in [0.3, 0.4) is 0 Å². The summed E-state index contributed by atoms with van der Waals surface area (Å²) in [5.41, 5.74) is 2.23. The average Bonchev–Trinajstić information content (AvgIpc) is 2.29. The maximum Gasteiger partial charge on any atom is 0.119 e. The molecule has 0 unspecified atom stereocenters. The van der Waals surface area contributed by atoms with Crippen molar-refractivity contribution in [2.24, 2.45) is 0 Å². The Morgan fingerprint density at radius 3 is 2.31 bits per heavy atom. The van der Waals surface area contributed by atoms with Crippen LogP contribution in [0.1, 0.15) is 25.3 Å². The third-order valence-corrected chi connectivity index (χ3v) is 2.36. The first kappa shape index (κ1) is 12.8. The summed E-state index contributed by atoms with van der Waals surface area (Å²) < 4.78 is 10.6. The van der Waals surface area contributed by atoms with Crippen molar-refractivity contribution in [1.82, 2.24) is 0 Å². The predicted molar refractivity (Wildman–Crippen MR) is 67.8 cm³/mol. The summed E-state index contributed by atoms with van der Waals surface area (Å²) in [6.07, 6.45) is 2.07.